The van der Waals surface area contributed by atoms with E-state index < -0.39 is 20.5 Å². The van der Waals surface area contributed by atoms with Crippen molar-refractivity contribution in [1.29, 1.82) is 0 Å². The molecule has 0 bridgehead atoms. The predicted molar refractivity (Wildman–Crippen MR) is 79.8 cm³/mol. The van der Waals surface area contributed by atoms with Crippen molar-refractivity contribution in [2.45, 2.75) is 26.2 Å². The Kier molecular flexibility index (Phi) is 7.26. The Morgan fingerprint density at radius 3 is 2.05 bits per heavy atom. The number of hydrogen-bond acceptors (Lipinski definition) is 3. The van der Waals surface area contributed by atoms with Crippen LogP contribution in [0, 0.1) is 0 Å². The maximum absolute atomic E-state index is 12.4. The number of carbonyl (C=O) groups is 1. The summed E-state index contributed by atoms with van der Waals surface area (Å²) in [5, 5.41) is 0. The first-order valence-electron chi connectivity index (χ1n) is 6.76. The first-order chi connectivity index (χ1) is 10.3. The van der Waals surface area contributed by atoms with Crippen molar-refractivity contribution in [3.8, 4) is 0 Å². The van der Waals surface area contributed by atoms with Crippen molar-refractivity contribution in [3.05, 3.63) is 29.8 Å². The van der Waals surface area contributed by atoms with Gasteiger partial charge in [0.05, 0.1) is 13.2 Å². The third-order valence-electron chi connectivity index (χ3n) is 2.73. The van der Waals surface area contributed by atoms with Crippen LogP contribution in [0.15, 0.2) is 24.3 Å². The van der Waals surface area contributed by atoms with Gasteiger partial charge in [-0.1, -0.05) is 12.1 Å². The molecule has 4 nitrogen and oxygen atoms in total. The SMILES string of the molecule is CCOP(Cc1ccc(N(C)C(=O)C(F)(F)F)cc1)OCC. The van der Waals surface area contributed by atoms with Gasteiger partial charge in [-0.15, -0.1) is 0 Å². The first kappa shape index (κ1) is 18.9. The minimum atomic E-state index is -4.88. The molecule has 1 amide bonds. The Balaban J connectivity index is 2.75. The van der Waals surface area contributed by atoms with Crippen LogP contribution in [0.5, 0.6) is 0 Å². The summed E-state index contributed by atoms with van der Waals surface area (Å²) in [6.07, 6.45) is -4.33. The van der Waals surface area contributed by atoms with Gasteiger partial charge < -0.3 is 13.9 Å². The molecule has 1 aromatic rings. The molecule has 0 aliphatic carbocycles. The molecule has 124 valence electrons. The van der Waals surface area contributed by atoms with Gasteiger partial charge in [-0.3, -0.25) is 4.79 Å². The lowest BCUT2D eigenvalue weighted by molar-refractivity contribution is -0.170. The van der Waals surface area contributed by atoms with E-state index in [1.165, 1.54) is 12.1 Å². The summed E-state index contributed by atoms with van der Waals surface area (Å²) in [5.74, 6) is -1.90. The van der Waals surface area contributed by atoms with Gasteiger partial charge in [0.1, 0.15) is 0 Å². The standard InChI is InChI=1S/C14H19F3NO3P/c1-4-20-22(21-5-2)10-11-6-8-12(9-7-11)18(3)13(19)14(15,16)17/h6-9H,4-5,10H2,1-3H3. The predicted octanol–water partition coefficient (Wildman–Crippen LogP) is 4.10. The fraction of sp³-hybridized carbons (Fsp3) is 0.500. The van der Waals surface area contributed by atoms with E-state index in [4.69, 9.17) is 9.05 Å². The summed E-state index contributed by atoms with van der Waals surface area (Å²) in [5.41, 5.74) is 1.06. The van der Waals surface area contributed by atoms with Gasteiger partial charge in [0.15, 0.2) is 8.38 Å². The van der Waals surface area contributed by atoms with Crippen molar-refractivity contribution in [2.24, 2.45) is 0 Å². The lowest BCUT2D eigenvalue weighted by atomic mass is 10.2. The number of halogens is 3. The maximum atomic E-state index is 12.4. The maximum Gasteiger partial charge on any atom is 0.471 e. The molecule has 0 atom stereocenters. The zero-order chi connectivity index (χ0) is 16.8. The van der Waals surface area contributed by atoms with E-state index in [1.807, 2.05) is 13.8 Å². The highest BCUT2D eigenvalue weighted by Crippen LogP contribution is 2.42. The topological polar surface area (TPSA) is 38.8 Å². The molecule has 0 spiro atoms. The van der Waals surface area contributed by atoms with Crippen molar-refractivity contribution >= 4 is 20.0 Å². The summed E-state index contributed by atoms with van der Waals surface area (Å²) in [6.45, 7) is 4.81. The monoisotopic (exact) mass is 337 g/mol. The van der Waals surface area contributed by atoms with Gasteiger partial charge >= 0.3 is 12.1 Å². The largest absolute Gasteiger partial charge is 0.471 e. The van der Waals surface area contributed by atoms with E-state index in [-0.39, 0.29) is 5.69 Å². The fourth-order valence-corrected chi connectivity index (χ4v) is 3.04. The lowest BCUT2D eigenvalue weighted by Crippen LogP contribution is -2.38. The molecule has 0 saturated carbocycles. The average molecular weight is 337 g/mol. The van der Waals surface area contributed by atoms with Crippen LogP contribution in [0.4, 0.5) is 18.9 Å². The molecule has 8 heteroatoms. The highest BCUT2D eigenvalue weighted by atomic mass is 31.2. The number of amides is 1. The van der Waals surface area contributed by atoms with E-state index in [1.54, 1.807) is 12.1 Å². The van der Waals surface area contributed by atoms with Crippen molar-refractivity contribution in [3.63, 3.8) is 0 Å². The summed E-state index contributed by atoms with van der Waals surface area (Å²) >= 11 is 0. The number of anilines is 1. The van der Waals surface area contributed by atoms with Crippen LogP contribution in [0.3, 0.4) is 0 Å². The minimum absolute atomic E-state index is 0.184. The Morgan fingerprint density at radius 2 is 1.64 bits per heavy atom. The van der Waals surface area contributed by atoms with Gasteiger partial charge in [-0.05, 0) is 31.5 Å². The second kappa shape index (κ2) is 8.46. The average Bonchev–Trinajstić information content (AvgIpc) is 2.46. The molecule has 0 radical (unpaired) electrons. The van der Waals surface area contributed by atoms with Crippen LogP contribution >= 0.6 is 8.38 Å². The molecule has 0 aliphatic rings. The van der Waals surface area contributed by atoms with Crippen molar-refractivity contribution in [1.82, 2.24) is 0 Å². The quantitative estimate of drug-likeness (QED) is 0.703. The van der Waals surface area contributed by atoms with E-state index in [9.17, 15) is 18.0 Å². The highest BCUT2D eigenvalue weighted by molar-refractivity contribution is 7.46. The number of benzene rings is 1. The van der Waals surface area contributed by atoms with Gasteiger partial charge in [0, 0.05) is 18.9 Å². The zero-order valence-corrected chi connectivity index (χ0v) is 13.6. The fourth-order valence-electron chi connectivity index (χ4n) is 1.70. The zero-order valence-electron chi connectivity index (χ0n) is 12.7. The van der Waals surface area contributed by atoms with Gasteiger partial charge in [0.25, 0.3) is 0 Å². The molecule has 0 heterocycles. The Bertz CT molecular complexity index is 473. The van der Waals surface area contributed by atoms with Crippen LogP contribution in [-0.4, -0.2) is 32.3 Å². The third kappa shape index (κ3) is 5.55. The van der Waals surface area contributed by atoms with Crippen molar-refractivity contribution in [2.75, 3.05) is 25.2 Å². The highest BCUT2D eigenvalue weighted by Gasteiger charge is 2.41. The van der Waals surface area contributed by atoms with Gasteiger partial charge in [-0.25, -0.2) is 0 Å². The second-order valence-electron chi connectivity index (χ2n) is 4.35. The first-order valence-corrected chi connectivity index (χ1v) is 8.13. The normalized spacial score (nSPS) is 11.8. The number of alkyl halides is 3. The summed E-state index contributed by atoms with van der Waals surface area (Å²) in [6, 6.07) is 6.29. The summed E-state index contributed by atoms with van der Waals surface area (Å²) in [4.78, 5) is 11.7. The molecule has 1 aromatic carbocycles. The number of hydrogen-bond donors (Lipinski definition) is 0. The van der Waals surface area contributed by atoms with Gasteiger partial charge in [0.2, 0.25) is 0 Å². The lowest BCUT2D eigenvalue weighted by Gasteiger charge is -2.19. The molecular formula is C14H19F3NO3P. The number of nitrogens with zero attached hydrogens (tertiary/aromatic N) is 1. The number of carbonyl (C=O) groups excluding carboxylic acids is 1. The second-order valence-corrected chi connectivity index (χ2v) is 5.85. The van der Waals surface area contributed by atoms with Crippen molar-refractivity contribution < 1.29 is 27.0 Å². The molecule has 0 N–H and O–H groups in total. The smallest absolute Gasteiger partial charge is 0.334 e. The molecule has 0 saturated heterocycles. The van der Waals surface area contributed by atoms with Crippen LogP contribution < -0.4 is 4.90 Å². The Hall–Kier alpha value is -1.17. The van der Waals surface area contributed by atoms with Crippen LogP contribution in [0.2, 0.25) is 0 Å². The third-order valence-corrected chi connectivity index (χ3v) is 4.44. The van der Waals surface area contributed by atoms with E-state index >= 15 is 0 Å². The summed E-state index contributed by atoms with van der Waals surface area (Å²) in [7, 11) is 0.0417. The number of rotatable bonds is 7. The van der Waals surface area contributed by atoms with Crippen LogP contribution in [0.1, 0.15) is 19.4 Å². The van der Waals surface area contributed by atoms with Gasteiger partial charge in [-0.2, -0.15) is 13.2 Å². The minimum Gasteiger partial charge on any atom is -0.334 e. The molecular weight excluding hydrogens is 318 g/mol. The Morgan fingerprint density at radius 1 is 1.14 bits per heavy atom. The molecule has 22 heavy (non-hydrogen) atoms. The van der Waals surface area contributed by atoms with Crippen LogP contribution in [0.25, 0.3) is 0 Å². The van der Waals surface area contributed by atoms with E-state index in [2.05, 4.69) is 0 Å². The van der Waals surface area contributed by atoms with E-state index in [0.29, 0.717) is 24.3 Å². The molecule has 0 unspecified atom stereocenters. The molecule has 1 rings (SSSR count). The summed E-state index contributed by atoms with van der Waals surface area (Å²) < 4.78 is 48.1. The molecule has 0 aromatic heterocycles. The Labute approximate surface area is 129 Å². The van der Waals surface area contributed by atoms with E-state index in [0.717, 1.165) is 12.6 Å². The molecule has 0 fully saturated rings. The molecule has 0 aliphatic heterocycles. The van der Waals surface area contributed by atoms with Crippen LogP contribution in [-0.2, 0) is 20.0 Å².